The topological polar surface area (TPSA) is 140 Å². The van der Waals surface area contributed by atoms with E-state index in [0.717, 1.165) is 43.8 Å². The van der Waals surface area contributed by atoms with Gasteiger partial charge in [-0.05, 0) is 19.8 Å². The fourth-order valence-corrected chi connectivity index (χ4v) is 3.74. The van der Waals surface area contributed by atoms with Gasteiger partial charge in [-0.25, -0.2) is 9.97 Å². The summed E-state index contributed by atoms with van der Waals surface area (Å²) in [6.07, 6.45) is 1.55. The molecule has 12 heteroatoms. The van der Waals surface area contributed by atoms with Gasteiger partial charge in [-0.1, -0.05) is 37.3 Å². The number of fused-ring (bicyclic) bond motifs is 1. The minimum atomic E-state index is -1.21. The number of aromatic amines is 1. The third-order valence-electron chi connectivity index (χ3n) is 5.01. The number of anilines is 1. The zero-order chi connectivity index (χ0) is 21.7. The number of nitrogens with one attached hydrogen (secondary N) is 3. The van der Waals surface area contributed by atoms with Gasteiger partial charge >= 0.3 is 0 Å². The third kappa shape index (κ3) is 5.31. The van der Waals surface area contributed by atoms with Gasteiger partial charge in [-0.15, -0.1) is 0 Å². The Balaban J connectivity index is 1.60. The van der Waals surface area contributed by atoms with Crippen molar-refractivity contribution < 1.29 is 20.1 Å². The molecule has 6 N–H and O–H groups in total. The van der Waals surface area contributed by atoms with E-state index in [1.807, 2.05) is 6.92 Å². The second-order valence-electron chi connectivity index (χ2n) is 7.29. The van der Waals surface area contributed by atoms with Gasteiger partial charge in [0.15, 0.2) is 10.9 Å². The summed E-state index contributed by atoms with van der Waals surface area (Å²) < 4.78 is 7.47. The van der Waals surface area contributed by atoms with Crippen LogP contribution in [0.2, 0.25) is 0 Å². The molecule has 0 unspecified atom stereocenters. The summed E-state index contributed by atoms with van der Waals surface area (Å²) in [6, 6.07) is 0. The lowest BCUT2D eigenvalue weighted by Gasteiger charge is -2.17. The maximum atomic E-state index is 10.3. The maximum absolute atomic E-state index is 10.3. The Labute approximate surface area is 184 Å². The summed E-state index contributed by atoms with van der Waals surface area (Å²) in [5, 5.41) is 36.0. The predicted molar refractivity (Wildman–Crippen MR) is 119 cm³/mol. The smallest absolute Gasteiger partial charge is 0.203 e. The Kier molecular flexibility index (Phi) is 8.08. The van der Waals surface area contributed by atoms with Crippen molar-refractivity contribution in [2.75, 3.05) is 25.0 Å². The zero-order valence-electron chi connectivity index (χ0n) is 16.7. The molecular formula is C18H28N6O4S2. The molecule has 3 rings (SSSR count). The molecule has 0 radical (unpaired) electrons. The Morgan fingerprint density at radius 2 is 1.97 bits per heavy atom. The van der Waals surface area contributed by atoms with Gasteiger partial charge in [0, 0.05) is 13.1 Å². The lowest BCUT2D eigenvalue weighted by molar-refractivity contribution is -0.0511. The van der Waals surface area contributed by atoms with Gasteiger partial charge in [0.05, 0.1) is 17.9 Å². The molecule has 10 nitrogen and oxygen atoms in total. The summed E-state index contributed by atoms with van der Waals surface area (Å²) in [4.78, 5) is 12.5. The number of ether oxygens (including phenoxy) is 1. The maximum Gasteiger partial charge on any atom is 0.203 e. The van der Waals surface area contributed by atoms with Crippen molar-refractivity contribution in [1.82, 2.24) is 24.8 Å². The molecule has 1 aliphatic rings. The largest absolute Gasteiger partial charge is 0.394 e. The number of imidazole rings is 1. The number of aromatic nitrogens is 4. The fraction of sp³-hybridized carbons (Fsp3) is 0.667. The highest BCUT2D eigenvalue weighted by molar-refractivity contribution is 7.80. The second-order valence-corrected chi connectivity index (χ2v) is 8.29. The second kappa shape index (κ2) is 10.6. The molecule has 1 saturated heterocycles. The van der Waals surface area contributed by atoms with Gasteiger partial charge in [0.25, 0.3) is 0 Å². The average Bonchev–Trinajstić information content (AvgIpc) is 3.25. The highest BCUT2D eigenvalue weighted by atomic mass is 32.1. The number of unbranched alkanes of at least 4 members (excludes halogenated alkanes) is 3. The Morgan fingerprint density at radius 1 is 1.23 bits per heavy atom. The van der Waals surface area contributed by atoms with Crippen molar-refractivity contribution >= 4 is 46.5 Å². The number of aliphatic hydroxyl groups excluding tert-OH is 3. The van der Waals surface area contributed by atoms with Crippen LogP contribution in [0.3, 0.4) is 0 Å². The SMILES string of the molecule is CC(=S)NCCCCCCNc1nc(=S)c2ncn([C@@H]3O[C@H](CO)[C@@H](O)[C@H]3O)c2[nH]1. The fourth-order valence-electron chi connectivity index (χ4n) is 3.40. The molecule has 0 spiro atoms. The molecule has 1 fully saturated rings. The molecule has 30 heavy (non-hydrogen) atoms. The van der Waals surface area contributed by atoms with Gasteiger partial charge < -0.3 is 35.7 Å². The highest BCUT2D eigenvalue weighted by Crippen LogP contribution is 2.31. The Hall–Kier alpha value is -1.70. The van der Waals surface area contributed by atoms with Crippen LogP contribution < -0.4 is 10.6 Å². The number of hydrogen-bond acceptors (Lipinski definition) is 9. The van der Waals surface area contributed by atoms with E-state index in [4.69, 9.17) is 29.2 Å². The van der Waals surface area contributed by atoms with Crippen LogP contribution in [0.4, 0.5) is 5.95 Å². The summed E-state index contributed by atoms with van der Waals surface area (Å²) >= 11 is 10.3. The molecular weight excluding hydrogens is 428 g/mol. The molecule has 2 aromatic heterocycles. The predicted octanol–water partition coefficient (Wildman–Crippen LogP) is 1.01. The van der Waals surface area contributed by atoms with E-state index in [-0.39, 0.29) is 0 Å². The number of nitrogens with zero attached hydrogens (tertiary/aromatic N) is 3. The molecule has 2 aromatic rings. The summed E-state index contributed by atoms with van der Waals surface area (Å²) in [6.45, 7) is 3.11. The van der Waals surface area contributed by atoms with Crippen LogP contribution in [-0.4, -0.2) is 77.8 Å². The van der Waals surface area contributed by atoms with E-state index in [1.54, 1.807) is 4.57 Å². The summed E-state index contributed by atoms with van der Waals surface area (Å²) in [5.74, 6) is 0.499. The molecule has 166 valence electrons. The van der Waals surface area contributed by atoms with Crippen LogP contribution in [0.15, 0.2) is 6.33 Å². The number of rotatable bonds is 10. The normalized spacial score (nSPS) is 23.7. The quantitative estimate of drug-likeness (QED) is 0.227. The monoisotopic (exact) mass is 456 g/mol. The van der Waals surface area contributed by atoms with E-state index in [1.165, 1.54) is 6.33 Å². The molecule has 3 heterocycles. The lowest BCUT2D eigenvalue weighted by Crippen LogP contribution is -2.33. The molecule has 0 aliphatic carbocycles. The molecule has 4 atom stereocenters. The van der Waals surface area contributed by atoms with E-state index < -0.39 is 31.1 Å². The molecule has 0 aromatic carbocycles. The van der Waals surface area contributed by atoms with Gasteiger partial charge in [0.1, 0.15) is 29.5 Å². The van der Waals surface area contributed by atoms with Crippen LogP contribution >= 0.6 is 24.4 Å². The minimum absolute atomic E-state index is 0.318. The minimum Gasteiger partial charge on any atom is -0.394 e. The van der Waals surface area contributed by atoms with Crippen molar-refractivity contribution in [2.45, 2.75) is 57.1 Å². The van der Waals surface area contributed by atoms with E-state index in [0.29, 0.717) is 21.8 Å². The van der Waals surface area contributed by atoms with E-state index >= 15 is 0 Å². The van der Waals surface area contributed by atoms with Crippen molar-refractivity contribution in [3.8, 4) is 0 Å². The van der Waals surface area contributed by atoms with Crippen molar-refractivity contribution in [3.05, 3.63) is 11.0 Å². The number of H-pyrrole nitrogens is 1. The third-order valence-corrected chi connectivity index (χ3v) is 5.44. The Bertz CT molecular complexity index is 920. The van der Waals surface area contributed by atoms with Crippen LogP contribution in [0.25, 0.3) is 11.2 Å². The zero-order valence-corrected chi connectivity index (χ0v) is 18.4. The first-order chi connectivity index (χ1) is 14.4. The molecule has 0 saturated carbocycles. The van der Waals surface area contributed by atoms with Crippen LogP contribution in [0, 0.1) is 4.64 Å². The van der Waals surface area contributed by atoms with Crippen LogP contribution in [0.5, 0.6) is 0 Å². The lowest BCUT2D eigenvalue weighted by atomic mass is 10.1. The Morgan fingerprint density at radius 3 is 2.63 bits per heavy atom. The van der Waals surface area contributed by atoms with E-state index in [9.17, 15) is 15.3 Å². The first kappa shape index (κ1) is 23.0. The van der Waals surface area contributed by atoms with Crippen molar-refractivity contribution in [3.63, 3.8) is 0 Å². The van der Waals surface area contributed by atoms with Gasteiger partial charge in [0.2, 0.25) is 5.95 Å². The summed E-state index contributed by atoms with van der Waals surface area (Å²) in [5.41, 5.74) is 0.989. The number of aliphatic hydroxyl groups is 3. The highest BCUT2D eigenvalue weighted by Gasteiger charge is 2.43. The van der Waals surface area contributed by atoms with Crippen LogP contribution in [-0.2, 0) is 4.74 Å². The standard InChI is InChI=1S/C18H28N6O4S2/c1-10(29)19-6-4-2-3-5-7-20-18-22-15-12(16(30)23-18)21-9-24(15)17-14(27)13(26)11(8-25)28-17/h9,11,13-14,17,25-27H,2-8H2,1H3,(H,19,29)(H2,20,22,23,30)/t11-,13-,14-,17-/m1/s1. The first-order valence-electron chi connectivity index (χ1n) is 10.00. The molecule has 1 aliphatic heterocycles. The first-order valence-corrected chi connectivity index (χ1v) is 10.8. The van der Waals surface area contributed by atoms with Crippen molar-refractivity contribution in [2.24, 2.45) is 0 Å². The number of thiocarbonyl (C=S) groups is 1. The van der Waals surface area contributed by atoms with Gasteiger partial charge in [-0.2, -0.15) is 0 Å². The molecule has 0 bridgehead atoms. The summed E-state index contributed by atoms with van der Waals surface area (Å²) in [7, 11) is 0. The number of hydrogen-bond donors (Lipinski definition) is 6. The van der Waals surface area contributed by atoms with E-state index in [2.05, 4.69) is 25.6 Å². The van der Waals surface area contributed by atoms with Crippen molar-refractivity contribution in [1.29, 1.82) is 0 Å². The molecule has 0 amide bonds. The van der Waals surface area contributed by atoms with Crippen LogP contribution in [0.1, 0.15) is 38.8 Å². The van der Waals surface area contributed by atoms with Gasteiger partial charge in [-0.3, -0.25) is 4.57 Å². The average molecular weight is 457 g/mol.